The average molecular weight is 226 g/mol. The van der Waals surface area contributed by atoms with E-state index >= 15 is 0 Å². The summed E-state index contributed by atoms with van der Waals surface area (Å²) in [5, 5.41) is 14.8. The van der Waals surface area contributed by atoms with E-state index in [4.69, 9.17) is 5.73 Å². The first kappa shape index (κ1) is 12.5. The van der Waals surface area contributed by atoms with Gasteiger partial charge in [0.05, 0.1) is 4.92 Å². The summed E-state index contributed by atoms with van der Waals surface area (Å²) in [5.74, 6) is 0.166. The molecule has 2 N–H and O–H groups in total. The molecule has 0 aliphatic rings. The van der Waals surface area contributed by atoms with Gasteiger partial charge in [-0.1, -0.05) is 26.2 Å². The maximum Gasteiger partial charge on any atom is 0.333 e. The van der Waals surface area contributed by atoms with Crippen LogP contribution in [0.3, 0.4) is 0 Å². The summed E-state index contributed by atoms with van der Waals surface area (Å²) < 4.78 is 1.53. The Morgan fingerprint density at radius 3 is 2.62 bits per heavy atom. The third-order valence-corrected chi connectivity index (χ3v) is 2.54. The third kappa shape index (κ3) is 2.71. The Hall–Kier alpha value is -1.59. The highest BCUT2D eigenvalue weighted by atomic mass is 16.6. The maximum atomic E-state index is 10.7. The first-order valence-corrected chi connectivity index (χ1v) is 5.55. The molecule has 0 atom stereocenters. The van der Waals surface area contributed by atoms with Crippen molar-refractivity contribution in [3.8, 4) is 0 Å². The number of nitro groups is 1. The number of hydrogen-bond acceptors (Lipinski definition) is 4. The Bertz CT molecular complexity index is 373. The van der Waals surface area contributed by atoms with Crippen molar-refractivity contribution in [3.63, 3.8) is 0 Å². The van der Waals surface area contributed by atoms with Crippen LogP contribution in [0.15, 0.2) is 0 Å². The van der Waals surface area contributed by atoms with E-state index in [0.717, 1.165) is 19.3 Å². The number of aryl methyl sites for hydroxylation is 2. The molecule has 0 amide bonds. The summed E-state index contributed by atoms with van der Waals surface area (Å²) >= 11 is 0. The van der Waals surface area contributed by atoms with Crippen molar-refractivity contribution in [3.05, 3.63) is 15.8 Å². The molecule has 6 heteroatoms. The van der Waals surface area contributed by atoms with E-state index in [2.05, 4.69) is 12.0 Å². The number of nitrogen functional groups attached to an aromatic ring is 1. The number of aromatic nitrogens is 2. The van der Waals surface area contributed by atoms with E-state index in [9.17, 15) is 10.1 Å². The van der Waals surface area contributed by atoms with Gasteiger partial charge in [0.1, 0.15) is 5.69 Å². The Balaban J connectivity index is 2.67. The fraction of sp³-hybridized carbons (Fsp3) is 0.700. The maximum absolute atomic E-state index is 10.7. The molecule has 1 rings (SSSR count). The summed E-state index contributed by atoms with van der Waals surface area (Å²) in [7, 11) is 0. The molecular weight excluding hydrogens is 208 g/mol. The van der Waals surface area contributed by atoms with Crippen molar-refractivity contribution < 1.29 is 4.92 Å². The molecule has 0 spiro atoms. The lowest BCUT2D eigenvalue weighted by atomic mass is 10.2. The molecule has 0 saturated heterocycles. The van der Waals surface area contributed by atoms with E-state index in [1.165, 1.54) is 11.1 Å². The van der Waals surface area contributed by atoms with Gasteiger partial charge in [-0.05, 0) is 13.3 Å². The molecule has 16 heavy (non-hydrogen) atoms. The van der Waals surface area contributed by atoms with Crippen LogP contribution in [0.2, 0.25) is 0 Å². The van der Waals surface area contributed by atoms with Gasteiger partial charge in [-0.25, -0.2) is 4.68 Å². The van der Waals surface area contributed by atoms with Crippen LogP contribution in [0.1, 0.15) is 38.3 Å². The second-order valence-corrected chi connectivity index (χ2v) is 3.86. The number of unbranched alkanes of at least 4 members (excludes halogenated alkanes) is 3. The minimum Gasteiger partial charge on any atom is -0.378 e. The molecule has 1 aromatic heterocycles. The topological polar surface area (TPSA) is 87.0 Å². The number of nitrogens with two attached hydrogens (primary N) is 1. The van der Waals surface area contributed by atoms with Crippen molar-refractivity contribution in [2.45, 2.75) is 46.1 Å². The zero-order valence-corrected chi connectivity index (χ0v) is 9.77. The minimum absolute atomic E-state index is 0.0597. The fourth-order valence-corrected chi connectivity index (χ4v) is 1.67. The van der Waals surface area contributed by atoms with Gasteiger partial charge in [0.25, 0.3) is 0 Å². The highest BCUT2D eigenvalue weighted by molar-refractivity contribution is 5.55. The number of hydrogen-bond donors (Lipinski definition) is 1. The van der Waals surface area contributed by atoms with Crippen molar-refractivity contribution in [2.75, 3.05) is 5.73 Å². The SMILES string of the molecule is CCCCCCn1nc(C)c([N+](=O)[O-])c1N. The van der Waals surface area contributed by atoms with Gasteiger partial charge in [0.2, 0.25) is 5.82 Å². The van der Waals surface area contributed by atoms with Crippen LogP contribution in [-0.2, 0) is 6.54 Å². The molecule has 0 unspecified atom stereocenters. The van der Waals surface area contributed by atoms with Crippen LogP contribution in [-0.4, -0.2) is 14.7 Å². The van der Waals surface area contributed by atoms with Gasteiger partial charge in [-0.2, -0.15) is 5.10 Å². The van der Waals surface area contributed by atoms with Crippen molar-refractivity contribution in [1.29, 1.82) is 0 Å². The third-order valence-electron chi connectivity index (χ3n) is 2.54. The molecule has 0 saturated carbocycles. The smallest absolute Gasteiger partial charge is 0.333 e. The summed E-state index contributed by atoms with van der Waals surface area (Å²) in [6.07, 6.45) is 4.38. The number of rotatable bonds is 6. The van der Waals surface area contributed by atoms with Gasteiger partial charge in [0.15, 0.2) is 0 Å². The van der Waals surface area contributed by atoms with Crippen LogP contribution >= 0.6 is 0 Å². The summed E-state index contributed by atoms with van der Waals surface area (Å²) in [5.41, 5.74) is 6.01. The van der Waals surface area contributed by atoms with E-state index in [1.54, 1.807) is 6.92 Å². The van der Waals surface area contributed by atoms with Crippen molar-refractivity contribution >= 4 is 11.5 Å². The van der Waals surface area contributed by atoms with Crippen LogP contribution < -0.4 is 5.73 Å². The monoisotopic (exact) mass is 226 g/mol. The molecule has 0 aliphatic heterocycles. The molecule has 0 fully saturated rings. The fourth-order valence-electron chi connectivity index (χ4n) is 1.67. The molecule has 0 radical (unpaired) electrons. The Labute approximate surface area is 94.6 Å². The van der Waals surface area contributed by atoms with E-state index < -0.39 is 4.92 Å². The number of anilines is 1. The first-order valence-electron chi connectivity index (χ1n) is 5.55. The lowest BCUT2D eigenvalue weighted by Gasteiger charge is -2.02. The minimum atomic E-state index is -0.472. The zero-order chi connectivity index (χ0) is 12.1. The van der Waals surface area contributed by atoms with Crippen molar-refractivity contribution in [2.24, 2.45) is 0 Å². The first-order chi connectivity index (χ1) is 7.57. The molecule has 1 heterocycles. The quantitative estimate of drug-likeness (QED) is 0.458. The predicted molar refractivity (Wildman–Crippen MR) is 62.2 cm³/mol. The van der Waals surface area contributed by atoms with Gasteiger partial charge >= 0.3 is 5.69 Å². The average Bonchev–Trinajstić information content (AvgIpc) is 2.49. The highest BCUT2D eigenvalue weighted by Gasteiger charge is 2.22. The lowest BCUT2D eigenvalue weighted by Crippen LogP contribution is -2.05. The van der Waals surface area contributed by atoms with Crippen LogP contribution in [0, 0.1) is 17.0 Å². The van der Waals surface area contributed by atoms with Crippen LogP contribution in [0.25, 0.3) is 0 Å². The molecule has 0 aromatic carbocycles. The molecule has 6 nitrogen and oxygen atoms in total. The van der Waals surface area contributed by atoms with Gasteiger partial charge in [-0.3, -0.25) is 10.1 Å². The second-order valence-electron chi connectivity index (χ2n) is 3.86. The lowest BCUT2D eigenvalue weighted by molar-refractivity contribution is -0.384. The van der Waals surface area contributed by atoms with Crippen LogP contribution in [0.5, 0.6) is 0 Å². The predicted octanol–water partition coefficient (Wildman–Crippen LogP) is 2.26. The Morgan fingerprint density at radius 1 is 1.44 bits per heavy atom. The van der Waals surface area contributed by atoms with Crippen LogP contribution in [0.4, 0.5) is 11.5 Å². The van der Waals surface area contributed by atoms with Gasteiger partial charge in [0, 0.05) is 6.54 Å². The van der Waals surface area contributed by atoms with E-state index in [1.807, 2.05) is 0 Å². The summed E-state index contributed by atoms with van der Waals surface area (Å²) in [6.45, 7) is 4.40. The Kier molecular flexibility index (Phi) is 4.28. The van der Waals surface area contributed by atoms with Gasteiger partial charge in [-0.15, -0.1) is 0 Å². The summed E-state index contributed by atoms with van der Waals surface area (Å²) in [4.78, 5) is 10.2. The van der Waals surface area contributed by atoms with E-state index in [-0.39, 0.29) is 11.5 Å². The molecule has 0 aliphatic carbocycles. The number of nitrogens with zero attached hydrogens (tertiary/aromatic N) is 3. The normalized spacial score (nSPS) is 10.6. The zero-order valence-electron chi connectivity index (χ0n) is 9.77. The molecule has 90 valence electrons. The van der Waals surface area contributed by atoms with Crippen molar-refractivity contribution in [1.82, 2.24) is 9.78 Å². The second kappa shape index (κ2) is 5.48. The summed E-state index contributed by atoms with van der Waals surface area (Å²) in [6, 6.07) is 0. The Morgan fingerprint density at radius 2 is 2.12 bits per heavy atom. The molecule has 1 aromatic rings. The molecular formula is C10H18N4O2. The standard InChI is InChI=1S/C10H18N4O2/c1-3-4-5-6-7-13-10(11)9(14(15)16)8(2)12-13/h3-7,11H2,1-2H3. The largest absolute Gasteiger partial charge is 0.378 e. The highest BCUT2D eigenvalue weighted by Crippen LogP contribution is 2.25. The van der Waals surface area contributed by atoms with Gasteiger partial charge < -0.3 is 5.73 Å². The molecule has 0 bridgehead atoms. The van der Waals surface area contributed by atoms with E-state index in [0.29, 0.717) is 12.2 Å².